The van der Waals surface area contributed by atoms with Crippen molar-refractivity contribution in [2.75, 3.05) is 20.2 Å². The van der Waals surface area contributed by atoms with Gasteiger partial charge >= 0.3 is 5.97 Å². The number of ether oxygens (including phenoxy) is 1. The van der Waals surface area contributed by atoms with Crippen LogP contribution >= 0.6 is 0 Å². The van der Waals surface area contributed by atoms with E-state index in [0.717, 1.165) is 4.90 Å². The summed E-state index contributed by atoms with van der Waals surface area (Å²) in [6.45, 7) is 2.46. The fraction of sp³-hybridized carbons (Fsp3) is 0.583. The van der Waals surface area contributed by atoms with Gasteiger partial charge in [0.1, 0.15) is 0 Å². The quantitative estimate of drug-likeness (QED) is 0.419. The standard InChI is InChI=1S/C12H18N2O4/c1-3-18-11(16)5-4-8-13-9-6-7-10(15)14(2)12(9)17/h4-5,9,13H,3,6-8H2,1-2H3/b5-4+. The Bertz CT molecular complexity index is 365. The highest BCUT2D eigenvalue weighted by atomic mass is 16.5. The van der Waals surface area contributed by atoms with E-state index >= 15 is 0 Å². The second-order valence-electron chi connectivity index (χ2n) is 3.94. The molecule has 0 aromatic rings. The third-order valence-electron chi connectivity index (χ3n) is 2.67. The molecule has 6 nitrogen and oxygen atoms in total. The van der Waals surface area contributed by atoms with Crippen LogP contribution in [0.2, 0.25) is 0 Å². The average Bonchev–Trinajstić information content (AvgIpc) is 2.34. The molecule has 0 bridgehead atoms. The number of carbonyl (C=O) groups is 3. The minimum absolute atomic E-state index is 0.153. The normalized spacial score (nSPS) is 20.6. The van der Waals surface area contributed by atoms with Crippen LogP contribution in [0.5, 0.6) is 0 Å². The Morgan fingerprint density at radius 2 is 2.28 bits per heavy atom. The maximum Gasteiger partial charge on any atom is 0.330 e. The number of nitrogens with one attached hydrogen (secondary N) is 1. The lowest BCUT2D eigenvalue weighted by Gasteiger charge is -2.27. The average molecular weight is 254 g/mol. The van der Waals surface area contributed by atoms with Crippen molar-refractivity contribution < 1.29 is 19.1 Å². The summed E-state index contributed by atoms with van der Waals surface area (Å²) in [6, 6.07) is -0.362. The van der Waals surface area contributed by atoms with Crippen LogP contribution in [0, 0.1) is 0 Å². The molecule has 1 aliphatic rings. The molecule has 2 amide bonds. The third-order valence-corrected chi connectivity index (χ3v) is 2.67. The molecule has 0 spiro atoms. The fourth-order valence-corrected chi connectivity index (χ4v) is 1.66. The highest BCUT2D eigenvalue weighted by Crippen LogP contribution is 2.10. The summed E-state index contributed by atoms with van der Waals surface area (Å²) in [7, 11) is 1.48. The number of piperidine rings is 1. The molecule has 1 rings (SSSR count). The summed E-state index contributed by atoms with van der Waals surface area (Å²) < 4.78 is 4.71. The molecule has 18 heavy (non-hydrogen) atoms. The number of rotatable bonds is 5. The second kappa shape index (κ2) is 6.90. The lowest BCUT2D eigenvalue weighted by atomic mass is 10.0. The molecule has 1 fully saturated rings. The number of likely N-dealkylation sites (tertiary alicyclic amines) is 1. The first kappa shape index (κ1) is 14.4. The van der Waals surface area contributed by atoms with E-state index in [4.69, 9.17) is 4.74 Å². The van der Waals surface area contributed by atoms with Crippen molar-refractivity contribution in [1.82, 2.24) is 10.2 Å². The number of nitrogens with zero attached hydrogens (tertiary/aromatic N) is 1. The molecule has 1 saturated heterocycles. The van der Waals surface area contributed by atoms with E-state index in [0.29, 0.717) is 26.0 Å². The number of amides is 2. The molecule has 0 aliphatic carbocycles. The number of hydrogen-bond donors (Lipinski definition) is 1. The molecule has 1 atom stereocenters. The van der Waals surface area contributed by atoms with Gasteiger partial charge in [-0.15, -0.1) is 0 Å². The van der Waals surface area contributed by atoms with Crippen LogP contribution in [-0.2, 0) is 19.1 Å². The zero-order valence-electron chi connectivity index (χ0n) is 10.6. The summed E-state index contributed by atoms with van der Waals surface area (Å²) >= 11 is 0. The zero-order chi connectivity index (χ0) is 13.5. The van der Waals surface area contributed by atoms with E-state index in [1.165, 1.54) is 13.1 Å². The summed E-state index contributed by atoms with van der Waals surface area (Å²) in [5.74, 6) is -0.780. The smallest absolute Gasteiger partial charge is 0.330 e. The minimum atomic E-state index is -0.401. The number of carbonyl (C=O) groups excluding carboxylic acids is 3. The molecular formula is C12H18N2O4. The van der Waals surface area contributed by atoms with Crippen LogP contribution in [0.4, 0.5) is 0 Å². The number of likely N-dealkylation sites (N-methyl/N-ethyl adjacent to an activating group) is 1. The lowest BCUT2D eigenvalue weighted by Crippen LogP contribution is -2.51. The van der Waals surface area contributed by atoms with Gasteiger partial charge in [-0.1, -0.05) is 6.08 Å². The van der Waals surface area contributed by atoms with Crippen LogP contribution in [0.1, 0.15) is 19.8 Å². The van der Waals surface area contributed by atoms with Crippen molar-refractivity contribution in [3.63, 3.8) is 0 Å². The van der Waals surface area contributed by atoms with E-state index in [9.17, 15) is 14.4 Å². The first-order valence-electron chi connectivity index (χ1n) is 5.93. The number of esters is 1. The maximum atomic E-state index is 11.7. The Morgan fingerprint density at radius 1 is 1.56 bits per heavy atom. The van der Waals surface area contributed by atoms with Gasteiger partial charge in [0.2, 0.25) is 11.8 Å². The van der Waals surface area contributed by atoms with Gasteiger partial charge in [-0.25, -0.2) is 4.79 Å². The first-order chi connectivity index (χ1) is 8.56. The molecule has 1 heterocycles. The van der Waals surface area contributed by atoms with Gasteiger partial charge in [-0.05, 0) is 13.3 Å². The van der Waals surface area contributed by atoms with Gasteiger partial charge in [-0.2, -0.15) is 0 Å². The monoisotopic (exact) mass is 254 g/mol. The van der Waals surface area contributed by atoms with Gasteiger partial charge in [0, 0.05) is 26.1 Å². The maximum absolute atomic E-state index is 11.7. The van der Waals surface area contributed by atoms with Crippen molar-refractivity contribution >= 4 is 17.8 Å². The predicted molar refractivity (Wildman–Crippen MR) is 64.6 cm³/mol. The summed E-state index contributed by atoms with van der Waals surface area (Å²) in [6.07, 6.45) is 3.77. The Labute approximate surface area is 106 Å². The van der Waals surface area contributed by atoms with Crippen LogP contribution in [0.25, 0.3) is 0 Å². The minimum Gasteiger partial charge on any atom is -0.463 e. The number of imide groups is 1. The molecule has 0 radical (unpaired) electrons. The Hall–Kier alpha value is -1.69. The van der Waals surface area contributed by atoms with Crippen molar-refractivity contribution in [2.24, 2.45) is 0 Å². The van der Waals surface area contributed by atoms with Crippen molar-refractivity contribution in [1.29, 1.82) is 0 Å². The highest BCUT2D eigenvalue weighted by Gasteiger charge is 2.30. The SMILES string of the molecule is CCOC(=O)/C=C/CNC1CCC(=O)N(C)C1=O. The Morgan fingerprint density at radius 3 is 2.94 bits per heavy atom. The molecule has 1 N–H and O–H groups in total. The largest absolute Gasteiger partial charge is 0.463 e. The van der Waals surface area contributed by atoms with E-state index in [-0.39, 0.29) is 17.9 Å². The Balaban J connectivity index is 2.34. The molecule has 0 aromatic carbocycles. The first-order valence-corrected chi connectivity index (χ1v) is 5.93. The lowest BCUT2D eigenvalue weighted by molar-refractivity contribution is -0.148. The molecule has 0 aromatic heterocycles. The summed E-state index contributed by atoms with van der Waals surface area (Å²) in [5, 5.41) is 2.98. The highest BCUT2D eigenvalue weighted by molar-refractivity contribution is 6.00. The predicted octanol–water partition coefficient (Wildman–Crippen LogP) is -0.157. The molecule has 0 saturated carbocycles. The van der Waals surface area contributed by atoms with Crippen molar-refractivity contribution in [3.8, 4) is 0 Å². The van der Waals surface area contributed by atoms with Crippen LogP contribution in [0.15, 0.2) is 12.2 Å². The van der Waals surface area contributed by atoms with Gasteiger partial charge in [0.15, 0.2) is 0 Å². The van der Waals surface area contributed by atoms with Crippen molar-refractivity contribution in [3.05, 3.63) is 12.2 Å². The van der Waals surface area contributed by atoms with E-state index < -0.39 is 5.97 Å². The molecule has 1 aliphatic heterocycles. The molecule has 100 valence electrons. The van der Waals surface area contributed by atoms with E-state index in [2.05, 4.69) is 5.32 Å². The van der Waals surface area contributed by atoms with Gasteiger partial charge in [0.05, 0.1) is 12.6 Å². The molecule has 1 unspecified atom stereocenters. The van der Waals surface area contributed by atoms with Gasteiger partial charge in [-0.3, -0.25) is 14.5 Å². The van der Waals surface area contributed by atoms with Gasteiger partial charge in [0.25, 0.3) is 0 Å². The van der Waals surface area contributed by atoms with Crippen LogP contribution < -0.4 is 5.32 Å². The van der Waals surface area contributed by atoms with Crippen LogP contribution in [0.3, 0.4) is 0 Å². The number of hydrogen-bond acceptors (Lipinski definition) is 5. The zero-order valence-corrected chi connectivity index (χ0v) is 10.6. The third kappa shape index (κ3) is 3.96. The Kier molecular flexibility index (Phi) is 5.51. The fourth-order valence-electron chi connectivity index (χ4n) is 1.66. The summed E-state index contributed by atoms with van der Waals surface area (Å²) in [4.78, 5) is 35.1. The topological polar surface area (TPSA) is 75.7 Å². The molecular weight excluding hydrogens is 236 g/mol. The second-order valence-corrected chi connectivity index (χ2v) is 3.94. The van der Waals surface area contributed by atoms with E-state index in [1.807, 2.05) is 0 Å². The van der Waals surface area contributed by atoms with Crippen LogP contribution in [-0.4, -0.2) is 48.9 Å². The molecule has 6 heteroatoms. The van der Waals surface area contributed by atoms with Crippen molar-refractivity contribution in [2.45, 2.75) is 25.8 Å². The van der Waals surface area contributed by atoms with E-state index in [1.54, 1.807) is 13.0 Å². The summed E-state index contributed by atoms with van der Waals surface area (Å²) in [5.41, 5.74) is 0. The van der Waals surface area contributed by atoms with Gasteiger partial charge < -0.3 is 10.1 Å².